The van der Waals surface area contributed by atoms with Gasteiger partial charge in [-0.2, -0.15) is 5.26 Å². The number of benzene rings is 2. The minimum atomic E-state index is -0.498. The molecule has 1 amide bonds. The number of carbonyl (C=O) groups excluding carboxylic acids is 1. The molecule has 0 saturated carbocycles. The van der Waals surface area contributed by atoms with Gasteiger partial charge in [0.1, 0.15) is 5.82 Å². The van der Waals surface area contributed by atoms with Gasteiger partial charge in [-0.1, -0.05) is 18.2 Å². The SMILES string of the molecule is N#Cc1cccc(C(=O)Nc2ccccc2F)c1. The van der Waals surface area contributed by atoms with Gasteiger partial charge in [-0.15, -0.1) is 0 Å². The van der Waals surface area contributed by atoms with E-state index >= 15 is 0 Å². The molecular formula is C14H9FN2O. The van der Waals surface area contributed by atoms with Crippen LogP contribution in [0.25, 0.3) is 0 Å². The van der Waals surface area contributed by atoms with Crippen LogP contribution < -0.4 is 5.32 Å². The first-order valence-electron chi connectivity index (χ1n) is 5.27. The topological polar surface area (TPSA) is 52.9 Å². The number of anilines is 1. The molecule has 0 fully saturated rings. The van der Waals surface area contributed by atoms with Crippen molar-refractivity contribution in [2.24, 2.45) is 0 Å². The van der Waals surface area contributed by atoms with Crippen LogP contribution in [0.2, 0.25) is 0 Å². The van der Waals surface area contributed by atoms with Crippen molar-refractivity contribution in [3.8, 4) is 6.07 Å². The lowest BCUT2D eigenvalue weighted by Crippen LogP contribution is -2.12. The molecule has 0 unspecified atom stereocenters. The van der Waals surface area contributed by atoms with E-state index in [2.05, 4.69) is 5.32 Å². The number of nitrogens with one attached hydrogen (secondary N) is 1. The maximum absolute atomic E-state index is 13.3. The third kappa shape index (κ3) is 2.53. The zero-order chi connectivity index (χ0) is 13.0. The molecule has 3 nitrogen and oxygen atoms in total. The molecule has 4 heteroatoms. The van der Waals surface area contributed by atoms with Crippen molar-refractivity contribution in [1.29, 1.82) is 5.26 Å². The molecule has 0 saturated heterocycles. The van der Waals surface area contributed by atoms with Crippen LogP contribution in [-0.4, -0.2) is 5.91 Å². The predicted octanol–water partition coefficient (Wildman–Crippen LogP) is 2.95. The van der Waals surface area contributed by atoms with Crippen LogP contribution in [0.5, 0.6) is 0 Å². The second kappa shape index (κ2) is 5.11. The van der Waals surface area contributed by atoms with Crippen molar-refractivity contribution >= 4 is 11.6 Å². The Balaban J connectivity index is 2.23. The van der Waals surface area contributed by atoms with Gasteiger partial charge in [-0.25, -0.2) is 4.39 Å². The first-order chi connectivity index (χ1) is 8.70. The molecule has 0 radical (unpaired) electrons. The first kappa shape index (κ1) is 11.8. The summed E-state index contributed by atoms with van der Waals surface area (Å²) >= 11 is 0. The van der Waals surface area contributed by atoms with Crippen LogP contribution in [0.1, 0.15) is 15.9 Å². The predicted molar refractivity (Wildman–Crippen MR) is 65.5 cm³/mol. The van der Waals surface area contributed by atoms with Gasteiger partial charge in [0.15, 0.2) is 0 Å². The van der Waals surface area contributed by atoms with E-state index in [0.717, 1.165) is 0 Å². The fourth-order valence-corrected chi connectivity index (χ4v) is 1.49. The zero-order valence-electron chi connectivity index (χ0n) is 9.35. The average molecular weight is 240 g/mol. The van der Waals surface area contributed by atoms with E-state index in [4.69, 9.17) is 5.26 Å². The van der Waals surface area contributed by atoms with Crippen LogP contribution in [0.3, 0.4) is 0 Å². The number of nitriles is 1. The summed E-state index contributed by atoms with van der Waals surface area (Å²) in [5.74, 6) is -0.945. The van der Waals surface area contributed by atoms with Gasteiger partial charge >= 0.3 is 0 Å². The van der Waals surface area contributed by atoms with Crippen molar-refractivity contribution < 1.29 is 9.18 Å². The number of hydrogen-bond donors (Lipinski definition) is 1. The van der Waals surface area contributed by atoms with Gasteiger partial charge in [0, 0.05) is 5.56 Å². The van der Waals surface area contributed by atoms with Gasteiger partial charge in [-0.05, 0) is 30.3 Å². The Labute approximate surface area is 103 Å². The van der Waals surface area contributed by atoms with Crippen LogP contribution >= 0.6 is 0 Å². The second-order valence-corrected chi connectivity index (χ2v) is 3.63. The lowest BCUT2D eigenvalue weighted by Gasteiger charge is -2.06. The van der Waals surface area contributed by atoms with Gasteiger partial charge in [0.25, 0.3) is 5.91 Å². The number of para-hydroxylation sites is 1. The Hall–Kier alpha value is -2.67. The van der Waals surface area contributed by atoms with E-state index in [1.807, 2.05) is 6.07 Å². The number of halogens is 1. The highest BCUT2D eigenvalue weighted by atomic mass is 19.1. The van der Waals surface area contributed by atoms with Crippen molar-refractivity contribution in [3.05, 3.63) is 65.5 Å². The first-order valence-corrected chi connectivity index (χ1v) is 5.27. The summed E-state index contributed by atoms with van der Waals surface area (Å²) in [4.78, 5) is 11.8. The summed E-state index contributed by atoms with van der Waals surface area (Å²) in [6.45, 7) is 0. The highest BCUT2D eigenvalue weighted by Crippen LogP contribution is 2.14. The molecule has 18 heavy (non-hydrogen) atoms. The second-order valence-electron chi connectivity index (χ2n) is 3.63. The van der Waals surface area contributed by atoms with Gasteiger partial charge in [0.05, 0.1) is 17.3 Å². The summed E-state index contributed by atoms with van der Waals surface area (Å²) < 4.78 is 13.3. The van der Waals surface area contributed by atoms with E-state index < -0.39 is 11.7 Å². The highest BCUT2D eigenvalue weighted by Gasteiger charge is 2.09. The van der Waals surface area contributed by atoms with Crippen LogP contribution in [0.15, 0.2) is 48.5 Å². The summed E-state index contributed by atoms with van der Waals surface area (Å²) in [7, 11) is 0. The van der Waals surface area contributed by atoms with E-state index in [9.17, 15) is 9.18 Å². The largest absolute Gasteiger partial charge is 0.319 e. The van der Waals surface area contributed by atoms with E-state index in [0.29, 0.717) is 11.1 Å². The smallest absolute Gasteiger partial charge is 0.255 e. The Morgan fingerprint density at radius 2 is 1.94 bits per heavy atom. The van der Waals surface area contributed by atoms with Crippen molar-refractivity contribution in [2.75, 3.05) is 5.32 Å². The maximum atomic E-state index is 13.3. The Morgan fingerprint density at radius 3 is 2.67 bits per heavy atom. The van der Waals surface area contributed by atoms with Gasteiger partial charge in [0.2, 0.25) is 0 Å². The average Bonchev–Trinajstić information content (AvgIpc) is 2.41. The molecule has 0 spiro atoms. The highest BCUT2D eigenvalue weighted by molar-refractivity contribution is 6.04. The van der Waals surface area contributed by atoms with Crippen LogP contribution in [0, 0.1) is 17.1 Å². The number of amides is 1. The molecule has 1 N–H and O–H groups in total. The van der Waals surface area contributed by atoms with Crippen molar-refractivity contribution in [2.45, 2.75) is 0 Å². The Kier molecular flexibility index (Phi) is 3.35. The molecule has 0 atom stereocenters. The molecule has 88 valence electrons. The fourth-order valence-electron chi connectivity index (χ4n) is 1.49. The normalized spacial score (nSPS) is 9.56. The number of nitrogens with zero attached hydrogens (tertiary/aromatic N) is 1. The molecular weight excluding hydrogens is 231 g/mol. The quantitative estimate of drug-likeness (QED) is 0.877. The van der Waals surface area contributed by atoms with E-state index in [1.54, 1.807) is 30.3 Å². The minimum Gasteiger partial charge on any atom is -0.319 e. The maximum Gasteiger partial charge on any atom is 0.255 e. The summed E-state index contributed by atoms with van der Waals surface area (Å²) in [5, 5.41) is 11.2. The van der Waals surface area contributed by atoms with Crippen molar-refractivity contribution in [3.63, 3.8) is 0 Å². The number of rotatable bonds is 2. The number of carbonyl (C=O) groups is 1. The molecule has 0 aliphatic carbocycles. The van der Waals surface area contributed by atoms with Crippen LogP contribution in [-0.2, 0) is 0 Å². The zero-order valence-corrected chi connectivity index (χ0v) is 9.35. The molecule has 2 rings (SSSR count). The minimum absolute atomic E-state index is 0.116. The van der Waals surface area contributed by atoms with E-state index in [-0.39, 0.29) is 5.69 Å². The lowest BCUT2D eigenvalue weighted by atomic mass is 10.1. The molecule has 0 aliphatic heterocycles. The Morgan fingerprint density at radius 1 is 1.17 bits per heavy atom. The monoisotopic (exact) mass is 240 g/mol. The van der Waals surface area contributed by atoms with E-state index in [1.165, 1.54) is 18.2 Å². The summed E-state index contributed by atoms with van der Waals surface area (Å²) in [6, 6.07) is 14.1. The Bertz CT molecular complexity index is 632. The third-order valence-electron chi connectivity index (χ3n) is 2.38. The van der Waals surface area contributed by atoms with Gasteiger partial charge < -0.3 is 5.32 Å². The molecule has 0 aliphatic rings. The fraction of sp³-hybridized carbons (Fsp3) is 0. The number of hydrogen-bond acceptors (Lipinski definition) is 2. The molecule has 0 aromatic heterocycles. The van der Waals surface area contributed by atoms with Crippen molar-refractivity contribution in [1.82, 2.24) is 0 Å². The summed E-state index contributed by atoms with van der Waals surface area (Å²) in [5.41, 5.74) is 0.818. The summed E-state index contributed by atoms with van der Waals surface area (Å²) in [6.07, 6.45) is 0. The van der Waals surface area contributed by atoms with Gasteiger partial charge in [-0.3, -0.25) is 4.79 Å². The molecule has 0 heterocycles. The lowest BCUT2D eigenvalue weighted by molar-refractivity contribution is 0.102. The molecule has 2 aromatic carbocycles. The third-order valence-corrected chi connectivity index (χ3v) is 2.38. The van der Waals surface area contributed by atoms with Crippen LogP contribution in [0.4, 0.5) is 10.1 Å². The molecule has 2 aromatic rings. The standard InChI is InChI=1S/C14H9FN2O/c15-12-6-1-2-7-13(12)17-14(18)11-5-3-4-10(8-11)9-16/h1-8H,(H,17,18). The molecule has 0 bridgehead atoms.